The number of hydrogen-bond donors (Lipinski definition) is 1. The van der Waals surface area contributed by atoms with Gasteiger partial charge in [0.05, 0.1) is 6.54 Å². The van der Waals surface area contributed by atoms with Crippen LogP contribution in [0.25, 0.3) is 0 Å². The quantitative estimate of drug-likeness (QED) is 0.791. The van der Waals surface area contributed by atoms with Crippen LogP contribution in [0.4, 0.5) is 0 Å². The zero-order chi connectivity index (χ0) is 12.1. The summed E-state index contributed by atoms with van der Waals surface area (Å²) in [6, 6.07) is 4.15. The van der Waals surface area contributed by atoms with E-state index in [1.54, 1.807) is 0 Å². The molecule has 0 saturated carbocycles. The van der Waals surface area contributed by atoms with E-state index in [2.05, 4.69) is 25.2 Å². The summed E-state index contributed by atoms with van der Waals surface area (Å²) in [5.41, 5.74) is 3.62. The van der Waals surface area contributed by atoms with E-state index in [1.165, 1.54) is 18.1 Å². The summed E-state index contributed by atoms with van der Waals surface area (Å²) < 4.78 is 5.61. The first kappa shape index (κ1) is 12.6. The molecule has 0 saturated heterocycles. The lowest BCUT2D eigenvalue weighted by Crippen LogP contribution is -2.25. The number of hydrogen-bond acceptors (Lipinski definition) is 2. The van der Waals surface area contributed by atoms with Crippen molar-refractivity contribution in [2.45, 2.75) is 27.7 Å². The number of aryl methyl sites for hydroxylation is 3. The highest BCUT2D eigenvalue weighted by atomic mass is 16.5. The predicted octanol–water partition coefficient (Wildman–Crippen LogP) is 2.13. The molecule has 3 heteroatoms. The highest BCUT2D eigenvalue weighted by Crippen LogP contribution is 2.21. The second-order valence-electron chi connectivity index (χ2n) is 4.03. The van der Waals surface area contributed by atoms with Gasteiger partial charge in [-0.05, 0) is 43.5 Å². The normalized spacial score (nSPS) is 10.0. The Bertz CT molecular complexity index is 386. The van der Waals surface area contributed by atoms with Gasteiger partial charge in [-0.3, -0.25) is 4.79 Å². The minimum atomic E-state index is -0.0274. The summed E-state index contributed by atoms with van der Waals surface area (Å²) in [4.78, 5) is 10.7. The van der Waals surface area contributed by atoms with Crippen LogP contribution in [-0.4, -0.2) is 19.1 Å². The summed E-state index contributed by atoms with van der Waals surface area (Å²) >= 11 is 0. The van der Waals surface area contributed by atoms with Gasteiger partial charge in [0.2, 0.25) is 5.91 Å². The first-order chi connectivity index (χ1) is 7.50. The average molecular weight is 221 g/mol. The van der Waals surface area contributed by atoms with Crippen LogP contribution in [0, 0.1) is 20.8 Å². The average Bonchev–Trinajstić information content (AvgIpc) is 2.19. The maximum Gasteiger partial charge on any atom is 0.216 e. The third-order valence-electron chi connectivity index (χ3n) is 2.52. The Morgan fingerprint density at radius 2 is 1.81 bits per heavy atom. The van der Waals surface area contributed by atoms with E-state index < -0.39 is 0 Å². The van der Waals surface area contributed by atoms with Crippen LogP contribution in [0.5, 0.6) is 5.75 Å². The van der Waals surface area contributed by atoms with Gasteiger partial charge in [0.25, 0.3) is 0 Å². The summed E-state index contributed by atoms with van der Waals surface area (Å²) in [6.45, 7) is 8.73. The Morgan fingerprint density at radius 1 is 1.19 bits per heavy atom. The molecule has 16 heavy (non-hydrogen) atoms. The highest BCUT2D eigenvalue weighted by molar-refractivity contribution is 5.72. The van der Waals surface area contributed by atoms with Gasteiger partial charge in [0, 0.05) is 6.92 Å². The third kappa shape index (κ3) is 3.57. The Hall–Kier alpha value is -1.51. The van der Waals surface area contributed by atoms with E-state index in [4.69, 9.17) is 4.74 Å². The number of amides is 1. The fourth-order valence-corrected chi connectivity index (χ4v) is 1.48. The summed E-state index contributed by atoms with van der Waals surface area (Å²) in [7, 11) is 0. The second-order valence-corrected chi connectivity index (χ2v) is 4.03. The monoisotopic (exact) mass is 221 g/mol. The maximum absolute atomic E-state index is 10.7. The molecule has 0 atom stereocenters. The van der Waals surface area contributed by atoms with Crippen molar-refractivity contribution < 1.29 is 9.53 Å². The fourth-order valence-electron chi connectivity index (χ4n) is 1.48. The van der Waals surface area contributed by atoms with Crippen molar-refractivity contribution in [2.24, 2.45) is 0 Å². The Kier molecular flexibility index (Phi) is 4.35. The van der Waals surface area contributed by atoms with E-state index in [9.17, 15) is 4.79 Å². The molecule has 0 aromatic heterocycles. The number of nitrogens with one attached hydrogen (secondary N) is 1. The highest BCUT2D eigenvalue weighted by Gasteiger charge is 2.02. The molecule has 0 aliphatic heterocycles. The number of benzene rings is 1. The molecule has 1 aromatic rings. The smallest absolute Gasteiger partial charge is 0.216 e. The molecule has 1 aromatic carbocycles. The molecule has 0 fully saturated rings. The molecule has 0 radical (unpaired) electrons. The number of carbonyl (C=O) groups excluding carboxylic acids is 1. The van der Waals surface area contributed by atoms with Gasteiger partial charge < -0.3 is 10.1 Å². The lowest BCUT2D eigenvalue weighted by Gasteiger charge is -2.11. The van der Waals surface area contributed by atoms with Crippen molar-refractivity contribution in [1.29, 1.82) is 0 Å². The number of carbonyl (C=O) groups is 1. The lowest BCUT2D eigenvalue weighted by molar-refractivity contribution is -0.119. The van der Waals surface area contributed by atoms with Crippen LogP contribution in [0.1, 0.15) is 23.6 Å². The molecule has 1 amide bonds. The number of ether oxygens (including phenoxy) is 1. The topological polar surface area (TPSA) is 38.3 Å². The number of rotatable bonds is 4. The molecule has 0 aliphatic carbocycles. The molecule has 88 valence electrons. The van der Waals surface area contributed by atoms with Crippen molar-refractivity contribution >= 4 is 5.91 Å². The first-order valence-electron chi connectivity index (χ1n) is 5.46. The van der Waals surface area contributed by atoms with Crippen molar-refractivity contribution in [2.75, 3.05) is 13.2 Å². The van der Waals surface area contributed by atoms with E-state index in [0.29, 0.717) is 13.2 Å². The molecule has 0 spiro atoms. The van der Waals surface area contributed by atoms with Crippen LogP contribution in [0.2, 0.25) is 0 Å². The van der Waals surface area contributed by atoms with Crippen molar-refractivity contribution in [3.63, 3.8) is 0 Å². The van der Waals surface area contributed by atoms with Crippen LogP contribution >= 0.6 is 0 Å². The van der Waals surface area contributed by atoms with Gasteiger partial charge in [-0.2, -0.15) is 0 Å². The summed E-state index contributed by atoms with van der Waals surface area (Å²) in [6.07, 6.45) is 0. The van der Waals surface area contributed by atoms with Gasteiger partial charge >= 0.3 is 0 Å². The SMILES string of the molecule is CC(=O)NCCOc1cc(C)c(C)cc1C. The summed E-state index contributed by atoms with van der Waals surface area (Å²) in [5, 5.41) is 2.70. The van der Waals surface area contributed by atoms with E-state index >= 15 is 0 Å². The second kappa shape index (κ2) is 5.54. The zero-order valence-electron chi connectivity index (χ0n) is 10.4. The molecular weight excluding hydrogens is 202 g/mol. The molecule has 0 aliphatic rings. The van der Waals surface area contributed by atoms with Gasteiger partial charge in [-0.15, -0.1) is 0 Å². The largest absolute Gasteiger partial charge is 0.491 e. The molecule has 0 bridgehead atoms. The molecule has 3 nitrogen and oxygen atoms in total. The van der Waals surface area contributed by atoms with Gasteiger partial charge in [0.15, 0.2) is 0 Å². The van der Waals surface area contributed by atoms with Gasteiger partial charge in [-0.25, -0.2) is 0 Å². The molecule has 0 heterocycles. The van der Waals surface area contributed by atoms with E-state index in [1.807, 2.05) is 13.0 Å². The van der Waals surface area contributed by atoms with Crippen LogP contribution < -0.4 is 10.1 Å². The molecule has 1 N–H and O–H groups in total. The lowest BCUT2D eigenvalue weighted by atomic mass is 10.1. The third-order valence-corrected chi connectivity index (χ3v) is 2.52. The fraction of sp³-hybridized carbons (Fsp3) is 0.462. The zero-order valence-corrected chi connectivity index (χ0v) is 10.4. The maximum atomic E-state index is 10.7. The first-order valence-corrected chi connectivity index (χ1v) is 5.46. The minimum Gasteiger partial charge on any atom is -0.491 e. The van der Waals surface area contributed by atoms with Crippen LogP contribution in [-0.2, 0) is 4.79 Å². The van der Waals surface area contributed by atoms with Crippen LogP contribution in [0.3, 0.4) is 0 Å². The van der Waals surface area contributed by atoms with Crippen molar-refractivity contribution in [3.05, 3.63) is 28.8 Å². The molecule has 1 rings (SSSR count). The summed E-state index contributed by atoms with van der Waals surface area (Å²) in [5.74, 6) is 0.869. The standard InChI is InChI=1S/C13H19NO2/c1-9-7-11(3)13(8-10(9)2)16-6-5-14-12(4)15/h7-8H,5-6H2,1-4H3,(H,14,15). The van der Waals surface area contributed by atoms with Gasteiger partial charge in [-0.1, -0.05) is 6.07 Å². The van der Waals surface area contributed by atoms with Crippen molar-refractivity contribution in [1.82, 2.24) is 5.32 Å². The Morgan fingerprint density at radius 3 is 2.44 bits per heavy atom. The predicted molar refractivity (Wildman–Crippen MR) is 64.8 cm³/mol. The van der Waals surface area contributed by atoms with E-state index in [-0.39, 0.29) is 5.91 Å². The van der Waals surface area contributed by atoms with E-state index in [0.717, 1.165) is 11.3 Å². The Labute approximate surface area is 96.8 Å². The molecule has 0 unspecified atom stereocenters. The minimum absolute atomic E-state index is 0.0274. The van der Waals surface area contributed by atoms with Crippen LogP contribution in [0.15, 0.2) is 12.1 Å². The molecular formula is C13H19NO2. The Balaban J connectivity index is 2.54. The van der Waals surface area contributed by atoms with Crippen molar-refractivity contribution in [3.8, 4) is 5.75 Å². The van der Waals surface area contributed by atoms with Gasteiger partial charge in [0.1, 0.15) is 12.4 Å².